The topological polar surface area (TPSA) is 60.6 Å². The fourth-order valence-corrected chi connectivity index (χ4v) is 2.41. The molecule has 0 aliphatic heterocycles. The first-order valence-corrected chi connectivity index (χ1v) is 7.14. The minimum Gasteiger partial charge on any atom is -0.397 e. The first-order valence-electron chi connectivity index (χ1n) is 7.14. The smallest absolute Gasteiger partial charge is 0.0951 e. The maximum atomic E-state index is 6.02. The number of hydrogen-bond donors (Lipinski definition) is 1. The molecule has 0 fully saturated rings. The van der Waals surface area contributed by atoms with Crippen molar-refractivity contribution in [2.24, 2.45) is 0 Å². The van der Waals surface area contributed by atoms with E-state index in [1.54, 1.807) is 20.4 Å². The fourth-order valence-electron chi connectivity index (χ4n) is 2.41. The number of methoxy groups -OCH3 is 2. The van der Waals surface area contributed by atoms with Crippen molar-refractivity contribution >= 4 is 22.3 Å². The molecule has 0 unspecified atom stereocenters. The Morgan fingerprint density at radius 1 is 1.10 bits per heavy atom. The Hall–Kier alpha value is -1.85. The summed E-state index contributed by atoms with van der Waals surface area (Å²) in [7, 11) is 3.44. The maximum absolute atomic E-state index is 6.02. The van der Waals surface area contributed by atoms with Gasteiger partial charge in [0.1, 0.15) is 0 Å². The summed E-state index contributed by atoms with van der Waals surface area (Å²) in [5.41, 5.74) is 8.72. The molecule has 0 atom stereocenters. The molecular formula is C16H23N3O2. The Balaban J connectivity index is 2.32. The van der Waals surface area contributed by atoms with Crippen molar-refractivity contribution in [3.8, 4) is 0 Å². The molecule has 2 aromatic rings. The molecule has 5 heteroatoms. The molecule has 114 valence electrons. The van der Waals surface area contributed by atoms with E-state index in [4.69, 9.17) is 15.2 Å². The molecule has 1 heterocycles. The highest BCUT2D eigenvalue weighted by atomic mass is 16.5. The van der Waals surface area contributed by atoms with E-state index in [1.165, 1.54) is 0 Å². The number of nitrogens with zero attached hydrogens (tertiary/aromatic N) is 2. The molecule has 0 saturated carbocycles. The van der Waals surface area contributed by atoms with Crippen molar-refractivity contribution in [1.29, 1.82) is 0 Å². The Kier molecular flexibility index (Phi) is 5.78. The van der Waals surface area contributed by atoms with Gasteiger partial charge in [0.2, 0.25) is 0 Å². The summed E-state index contributed by atoms with van der Waals surface area (Å²) in [6.45, 7) is 3.16. The van der Waals surface area contributed by atoms with Crippen LogP contribution in [0.3, 0.4) is 0 Å². The lowest BCUT2D eigenvalue weighted by atomic mass is 10.1. The number of benzene rings is 1. The number of fused-ring (bicyclic) bond motifs is 1. The van der Waals surface area contributed by atoms with Crippen LogP contribution in [0.15, 0.2) is 30.5 Å². The normalized spacial score (nSPS) is 11.0. The number of rotatable bonds is 8. The van der Waals surface area contributed by atoms with Crippen LogP contribution in [0.25, 0.3) is 10.9 Å². The van der Waals surface area contributed by atoms with Crippen LogP contribution in [0.4, 0.5) is 11.4 Å². The summed E-state index contributed by atoms with van der Waals surface area (Å²) in [6.07, 6.45) is 2.74. The summed E-state index contributed by atoms with van der Waals surface area (Å²) in [5.74, 6) is 0. The summed E-state index contributed by atoms with van der Waals surface area (Å²) in [6, 6.07) is 7.97. The SMILES string of the molecule is COCCCN(CCOC)c1ccc(N)c2ncccc12. The second-order valence-corrected chi connectivity index (χ2v) is 4.90. The first-order chi connectivity index (χ1) is 10.3. The molecule has 2 rings (SSSR count). The van der Waals surface area contributed by atoms with Gasteiger partial charge in [0.25, 0.3) is 0 Å². The van der Waals surface area contributed by atoms with Crippen LogP contribution in [0, 0.1) is 0 Å². The van der Waals surface area contributed by atoms with E-state index in [1.807, 2.05) is 12.1 Å². The van der Waals surface area contributed by atoms with E-state index in [9.17, 15) is 0 Å². The Bertz CT molecular complexity index is 574. The number of anilines is 2. The lowest BCUT2D eigenvalue weighted by molar-refractivity contribution is 0.191. The van der Waals surface area contributed by atoms with E-state index in [-0.39, 0.29) is 0 Å². The van der Waals surface area contributed by atoms with E-state index in [0.29, 0.717) is 12.3 Å². The predicted octanol–water partition coefficient (Wildman–Crippen LogP) is 2.31. The van der Waals surface area contributed by atoms with Crippen molar-refractivity contribution in [3.05, 3.63) is 30.5 Å². The molecule has 0 aliphatic rings. The second kappa shape index (κ2) is 7.81. The first kappa shape index (κ1) is 15.5. The molecular weight excluding hydrogens is 266 g/mol. The molecule has 2 N–H and O–H groups in total. The monoisotopic (exact) mass is 289 g/mol. The third kappa shape index (κ3) is 3.83. The van der Waals surface area contributed by atoms with Crippen LogP contribution in [0.1, 0.15) is 6.42 Å². The average molecular weight is 289 g/mol. The van der Waals surface area contributed by atoms with Gasteiger partial charge in [0, 0.05) is 51.2 Å². The lowest BCUT2D eigenvalue weighted by Gasteiger charge is -2.26. The molecule has 0 aliphatic carbocycles. The third-order valence-corrected chi connectivity index (χ3v) is 3.46. The van der Waals surface area contributed by atoms with Crippen molar-refractivity contribution in [2.45, 2.75) is 6.42 Å². The van der Waals surface area contributed by atoms with E-state index in [2.05, 4.69) is 22.0 Å². The van der Waals surface area contributed by atoms with Gasteiger partial charge < -0.3 is 20.1 Å². The molecule has 1 aromatic carbocycles. The number of pyridine rings is 1. The molecule has 5 nitrogen and oxygen atoms in total. The summed E-state index contributed by atoms with van der Waals surface area (Å²) in [5, 5.41) is 1.08. The molecule has 0 saturated heterocycles. The van der Waals surface area contributed by atoms with Crippen molar-refractivity contribution in [2.75, 3.05) is 51.2 Å². The average Bonchev–Trinajstić information content (AvgIpc) is 2.52. The quantitative estimate of drug-likeness (QED) is 0.597. The highest BCUT2D eigenvalue weighted by Crippen LogP contribution is 2.29. The van der Waals surface area contributed by atoms with Crippen LogP contribution < -0.4 is 10.6 Å². The molecule has 1 aromatic heterocycles. The van der Waals surface area contributed by atoms with E-state index >= 15 is 0 Å². The number of nitrogens with two attached hydrogens (primary N) is 1. The molecule has 0 amide bonds. The lowest BCUT2D eigenvalue weighted by Crippen LogP contribution is -2.29. The van der Waals surface area contributed by atoms with Gasteiger partial charge in [0.05, 0.1) is 17.8 Å². The van der Waals surface area contributed by atoms with Gasteiger partial charge in [-0.1, -0.05) is 0 Å². The van der Waals surface area contributed by atoms with Crippen LogP contribution >= 0.6 is 0 Å². The largest absolute Gasteiger partial charge is 0.397 e. The van der Waals surface area contributed by atoms with Gasteiger partial charge in [-0.2, -0.15) is 0 Å². The van der Waals surface area contributed by atoms with Gasteiger partial charge in [-0.05, 0) is 30.7 Å². The van der Waals surface area contributed by atoms with E-state index < -0.39 is 0 Å². The van der Waals surface area contributed by atoms with Gasteiger partial charge >= 0.3 is 0 Å². The predicted molar refractivity (Wildman–Crippen MR) is 86.7 cm³/mol. The summed E-state index contributed by atoms with van der Waals surface area (Å²) in [4.78, 5) is 6.69. The van der Waals surface area contributed by atoms with E-state index in [0.717, 1.165) is 42.7 Å². The Morgan fingerprint density at radius 3 is 2.67 bits per heavy atom. The van der Waals surface area contributed by atoms with Crippen LogP contribution in [-0.2, 0) is 9.47 Å². The number of ether oxygens (including phenoxy) is 2. The number of hydrogen-bond acceptors (Lipinski definition) is 5. The summed E-state index contributed by atoms with van der Waals surface area (Å²) < 4.78 is 10.4. The Labute approximate surface area is 125 Å². The highest BCUT2D eigenvalue weighted by molar-refractivity contribution is 5.98. The van der Waals surface area contributed by atoms with Crippen LogP contribution in [0.5, 0.6) is 0 Å². The van der Waals surface area contributed by atoms with Crippen LogP contribution in [-0.4, -0.2) is 45.5 Å². The van der Waals surface area contributed by atoms with Crippen molar-refractivity contribution in [3.63, 3.8) is 0 Å². The summed E-state index contributed by atoms with van der Waals surface area (Å²) >= 11 is 0. The molecule has 21 heavy (non-hydrogen) atoms. The van der Waals surface area contributed by atoms with Gasteiger partial charge in [-0.25, -0.2) is 0 Å². The third-order valence-electron chi connectivity index (χ3n) is 3.46. The van der Waals surface area contributed by atoms with Crippen LogP contribution in [0.2, 0.25) is 0 Å². The van der Waals surface area contributed by atoms with Gasteiger partial charge in [0.15, 0.2) is 0 Å². The zero-order chi connectivity index (χ0) is 15.1. The van der Waals surface area contributed by atoms with Crippen molar-refractivity contribution < 1.29 is 9.47 Å². The fraction of sp³-hybridized carbons (Fsp3) is 0.438. The standard InChI is InChI=1S/C16H23N3O2/c1-20-11-4-9-19(10-12-21-2)15-7-6-14(17)16-13(15)5-3-8-18-16/h3,5-8H,4,9-12,17H2,1-2H3. The second-order valence-electron chi connectivity index (χ2n) is 4.90. The van der Waals surface area contributed by atoms with Gasteiger partial charge in [-0.3, -0.25) is 4.98 Å². The maximum Gasteiger partial charge on any atom is 0.0951 e. The highest BCUT2D eigenvalue weighted by Gasteiger charge is 2.12. The van der Waals surface area contributed by atoms with Gasteiger partial charge in [-0.15, -0.1) is 0 Å². The molecule has 0 spiro atoms. The minimum absolute atomic E-state index is 0.680. The Morgan fingerprint density at radius 2 is 1.90 bits per heavy atom. The minimum atomic E-state index is 0.680. The van der Waals surface area contributed by atoms with Crippen molar-refractivity contribution in [1.82, 2.24) is 4.98 Å². The zero-order valence-corrected chi connectivity index (χ0v) is 12.7. The molecule has 0 radical (unpaired) electrons. The number of nitrogen functional groups attached to an aromatic ring is 1. The molecule has 0 bridgehead atoms. The number of aromatic nitrogens is 1. The zero-order valence-electron chi connectivity index (χ0n) is 12.7.